The van der Waals surface area contributed by atoms with Crippen LogP contribution in [0, 0.1) is 11.3 Å². The van der Waals surface area contributed by atoms with Gasteiger partial charge in [0.25, 0.3) is 0 Å². The zero-order chi connectivity index (χ0) is 17.9. The molecule has 0 aliphatic rings. The lowest BCUT2D eigenvalue weighted by Gasteiger charge is -2.19. The Morgan fingerprint density at radius 3 is 2.50 bits per heavy atom. The highest BCUT2D eigenvalue weighted by Gasteiger charge is 2.09. The molecule has 0 heterocycles. The van der Waals surface area contributed by atoms with Crippen molar-refractivity contribution in [1.29, 1.82) is 5.26 Å². The maximum atomic E-state index is 11.6. The van der Waals surface area contributed by atoms with E-state index in [0.717, 1.165) is 17.3 Å². The highest BCUT2D eigenvalue weighted by atomic mass is 16.5. The van der Waals surface area contributed by atoms with E-state index in [-0.39, 0.29) is 18.8 Å². The third kappa shape index (κ3) is 5.97. The fourth-order valence-electron chi connectivity index (χ4n) is 1.81. The lowest BCUT2D eigenvalue weighted by atomic mass is 10.1. The van der Waals surface area contributed by atoms with Gasteiger partial charge in [-0.25, -0.2) is 9.59 Å². The molecule has 0 saturated heterocycles. The highest BCUT2D eigenvalue weighted by molar-refractivity contribution is 5.97. The minimum absolute atomic E-state index is 0.0470. The van der Waals surface area contributed by atoms with Crippen molar-refractivity contribution >= 4 is 23.7 Å². The van der Waals surface area contributed by atoms with Crippen molar-refractivity contribution in [3.63, 3.8) is 0 Å². The molecule has 1 rings (SSSR count). The fraction of sp³-hybridized carbons (Fsp3) is 0.278. The van der Waals surface area contributed by atoms with E-state index in [0.29, 0.717) is 6.54 Å². The number of nitriles is 1. The molecular formula is C18H20N2O4. The molecule has 126 valence electrons. The monoisotopic (exact) mass is 328 g/mol. The van der Waals surface area contributed by atoms with E-state index in [1.165, 1.54) is 6.08 Å². The minimum Gasteiger partial charge on any atom is -0.462 e. The third-order valence-electron chi connectivity index (χ3n) is 3.10. The van der Waals surface area contributed by atoms with Gasteiger partial charge in [-0.1, -0.05) is 18.7 Å². The predicted molar refractivity (Wildman–Crippen MR) is 91.1 cm³/mol. The number of likely N-dealkylation sites (N-methyl/N-ethyl adjacent to an activating group) is 1. The number of nitrogens with zero attached hydrogens (tertiary/aromatic N) is 2. The Morgan fingerprint density at radius 1 is 1.29 bits per heavy atom. The van der Waals surface area contributed by atoms with Crippen LogP contribution < -0.4 is 4.90 Å². The molecule has 0 aliphatic carbocycles. The first-order valence-corrected chi connectivity index (χ1v) is 7.41. The van der Waals surface area contributed by atoms with Crippen LogP contribution in [0.1, 0.15) is 12.5 Å². The van der Waals surface area contributed by atoms with E-state index in [2.05, 4.69) is 6.58 Å². The molecule has 0 unspecified atom stereocenters. The molecule has 1 aromatic rings. The van der Waals surface area contributed by atoms with Crippen LogP contribution in [0.2, 0.25) is 0 Å². The third-order valence-corrected chi connectivity index (χ3v) is 3.10. The molecule has 0 aromatic heterocycles. The fourth-order valence-corrected chi connectivity index (χ4v) is 1.81. The van der Waals surface area contributed by atoms with Crippen LogP contribution >= 0.6 is 0 Å². The summed E-state index contributed by atoms with van der Waals surface area (Å²) in [5.74, 6) is -1.09. The average Bonchev–Trinajstić information content (AvgIpc) is 2.59. The van der Waals surface area contributed by atoms with Crippen molar-refractivity contribution in [3.8, 4) is 6.07 Å². The Hall–Kier alpha value is -3.07. The van der Waals surface area contributed by atoms with Crippen LogP contribution in [-0.4, -0.2) is 38.7 Å². The van der Waals surface area contributed by atoms with Crippen LogP contribution in [-0.2, 0) is 19.1 Å². The average molecular weight is 328 g/mol. The SMILES string of the molecule is C=CC(=O)OCCN(C)c1ccc(/C=C(/C#N)C(=O)OCC)cc1. The predicted octanol–water partition coefficient (Wildman–Crippen LogP) is 2.32. The zero-order valence-corrected chi connectivity index (χ0v) is 13.8. The lowest BCUT2D eigenvalue weighted by molar-refractivity contribution is -0.138. The summed E-state index contributed by atoms with van der Waals surface area (Å²) < 4.78 is 9.74. The van der Waals surface area contributed by atoms with Gasteiger partial charge in [0.1, 0.15) is 18.2 Å². The summed E-state index contributed by atoms with van der Waals surface area (Å²) in [6.07, 6.45) is 2.60. The zero-order valence-electron chi connectivity index (χ0n) is 13.8. The van der Waals surface area contributed by atoms with Crippen LogP contribution in [0.3, 0.4) is 0 Å². The smallest absolute Gasteiger partial charge is 0.348 e. The number of hydrogen-bond acceptors (Lipinski definition) is 6. The van der Waals surface area contributed by atoms with Crippen LogP contribution in [0.25, 0.3) is 6.08 Å². The number of carbonyl (C=O) groups excluding carboxylic acids is 2. The van der Waals surface area contributed by atoms with Gasteiger partial charge in [-0.2, -0.15) is 5.26 Å². The summed E-state index contributed by atoms with van der Waals surface area (Å²) in [7, 11) is 1.87. The summed E-state index contributed by atoms with van der Waals surface area (Å²) in [5.41, 5.74) is 1.58. The first-order valence-electron chi connectivity index (χ1n) is 7.41. The number of benzene rings is 1. The molecular weight excluding hydrogens is 308 g/mol. The summed E-state index contributed by atoms with van der Waals surface area (Å²) >= 11 is 0. The van der Waals surface area contributed by atoms with Crippen molar-refractivity contribution in [2.24, 2.45) is 0 Å². The topological polar surface area (TPSA) is 79.6 Å². The second-order valence-electron chi connectivity index (χ2n) is 4.77. The molecule has 0 amide bonds. The van der Waals surface area contributed by atoms with Crippen molar-refractivity contribution < 1.29 is 19.1 Å². The highest BCUT2D eigenvalue weighted by Crippen LogP contribution is 2.16. The molecule has 0 atom stereocenters. The van der Waals surface area contributed by atoms with E-state index in [1.54, 1.807) is 19.1 Å². The Kier molecular flexibility index (Phi) is 7.79. The van der Waals surface area contributed by atoms with Gasteiger partial charge in [0.2, 0.25) is 0 Å². The Morgan fingerprint density at radius 2 is 1.96 bits per heavy atom. The number of esters is 2. The largest absolute Gasteiger partial charge is 0.462 e. The summed E-state index contributed by atoms with van der Waals surface area (Å²) in [4.78, 5) is 24.5. The Bertz CT molecular complexity index is 657. The normalized spacial score (nSPS) is 10.5. The first-order chi connectivity index (χ1) is 11.5. The van der Waals surface area contributed by atoms with E-state index in [1.807, 2.05) is 30.1 Å². The van der Waals surface area contributed by atoms with Gasteiger partial charge in [-0.05, 0) is 30.7 Å². The molecule has 0 bridgehead atoms. The van der Waals surface area contributed by atoms with Gasteiger partial charge in [0.05, 0.1) is 13.2 Å². The standard InChI is InChI=1S/C18H20N2O4/c1-4-17(21)24-11-10-20(3)16-8-6-14(7-9-16)12-15(13-19)18(22)23-5-2/h4,6-9,12H,1,5,10-11H2,2-3H3/b15-12-. The molecule has 24 heavy (non-hydrogen) atoms. The first kappa shape index (κ1) is 19.0. The number of ether oxygens (including phenoxy) is 2. The summed E-state index contributed by atoms with van der Waals surface area (Å²) in [5, 5.41) is 9.01. The van der Waals surface area contributed by atoms with Crippen molar-refractivity contribution in [3.05, 3.63) is 48.1 Å². The van der Waals surface area contributed by atoms with Gasteiger partial charge in [-0.3, -0.25) is 0 Å². The van der Waals surface area contributed by atoms with E-state index in [9.17, 15) is 9.59 Å². The quantitative estimate of drug-likeness (QED) is 0.414. The maximum absolute atomic E-state index is 11.6. The van der Waals surface area contributed by atoms with Crippen molar-refractivity contribution in [1.82, 2.24) is 0 Å². The van der Waals surface area contributed by atoms with Crippen LogP contribution in [0.15, 0.2) is 42.5 Å². The number of hydrogen-bond donors (Lipinski definition) is 0. The van der Waals surface area contributed by atoms with E-state index in [4.69, 9.17) is 14.7 Å². The van der Waals surface area contributed by atoms with Crippen LogP contribution in [0.4, 0.5) is 5.69 Å². The van der Waals surface area contributed by atoms with Crippen molar-refractivity contribution in [2.45, 2.75) is 6.92 Å². The second-order valence-corrected chi connectivity index (χ2v) is 4.77. The molecule has 0 radical (unpaired) electrons. The van der Waals surface area contributed by atoms with Gasteiger partial charge < -0.3 is 14.4 Å². The summed E-state index contributed by atoms with van der Waals surface area (Å²) in [6.45, 7) is 6.02. The number of anilines is 1. The van der Waals surface area contributed by atoms with Gasteiger partial charge in [0.15, 0.2) is 0 Å². The molecule has 6 nitrogen and oxygen atoms in total. The molecule has 6 heteroatoms. The second kappa shape index (κ2) is 9.85. The molecule has 0 spiro atoms. The summed E-state index contributed by atoms with van der Waals surface area (Å²) in [6, 6.07) is 9.11. The molecule has 1 aromatic carbocycles. The van der Waals surface area contributed by atoms with Crippen LogP contribution in [0.5, 0.6) is 0 Å². The Labute approximate surface area is 141 Å². The van der Waals surface area contributed by atoms with Gasteiger partial charge in [0, 0.05) is 18.8 Å². The number of carbonyl (C=O) groups is 2. The van der Waals surface area contributed by atoms with E-state index < -0.39 is 11.9 Å². The van der Waals surface area contributed by atoms with E-state index >= 15 is 0 Å². The molecule has 0 N–H and O–H groups in total. The van der Waals surface area contributed by atoms with Gasteiger partial charge in [-0.15, -0.1) is 0 Å². The minimum atomic E-state index is -0.634. The maximum Gasteiger partial charge on any atom is 0.348 e. The molecule has 0 saturated carbocycles. The Balaban J connectivity index is 2.71. The van der Waals surface area contributed by atoms with Gasteiger partial charge >= 0.3 is 11.9 Å². The molecule has 0 aliphatic heterocycles. The molecule has 0 fully saturated rings. The number of rotatable bonds is 8. The van der Waals surface area contributed by atoms with Crippen molar-refractivity contribution in [2.75, 3.05) is 31.7 Å². The lowest BCUT2D eigenvalue weighted by Crippen LogP contribution is -2.23.